The monoisotopic (exact) mass is 283 g/mol. The second-order valence-corrected chi connectivity index (χ2v) is 5.24. The van der Waals surface area contributed by atoms with E-state index in [0.717, 1.165) is 5.56 Å². The molecule has 1 N–H and O–H groups in total. The van der Waals surface area contributed by atoms with E-state index in [4.69, 9.17) is 16.3 Å². The van der Waals surface area contributed by atoms with Crippen LogP contribution in [0.25, 0.3) is 0 Å². The van der Waals surface area contributed by atoms with E-state index in [-0.39, 0.29) is 23.9 Å². The minimum atomic E-state index is -0.119. The number of amides is 1. The molecule has 19 heavy (non-hydrogen) atoms. The molecule has 1 heterocycles. The zero-order valence-electron chi connectivity index (χ0n) is 11.1. The largest absolute Gasteiger partial charge is 0.508 e. The Labute approximate surface area is 117 Å². The molecule has 4 nitrogen and oxygen atoms in total. The van der Waals surface area contributed by atoms with Gasteiger partial charge < -0.3 is 14.7 Å². The molecule has 0 saturated carbocycles. The van der Waals surface area contributed by atoms with Crippen LogP contribution in [0, 0.1) is 6.92 Å². The Morgan fingerprint density at radius 2 is 2.26 bits per heavy atom. The van der Waals surface area contributed by atoms with Gasteiger partial charge in [-0.3, -0.25) is 4.79 Å². The molecule has 1 aromatic rings. The number of carbonyl (C=O) groups excluding carboxylic acids is 1. The molecule has 1 aliphatic heterocycles. The lowest BCUT2D eigenvalue weighted by Crippen LogP contribution is -2.49. The van der Waals surface area contributed by atoms with E-state index in [1.165, 1.54) is 6.07 Å². The maximum atomic E-state index is 12.5. The van der Waals surface area contributed by atoms with Gasteiger partial charge in [-0.15, -0.1) is 11.6 Å². The molecule has 1 aliphatic rings. The van der Waals surface area contributed by atoms with E-state index in [2.05, 4.69) is 0 Å². The van der Waals surface area contributed by atoms with E-state index in [1.807, 2.05) is 13.8 Å². The molecule has 0 spiro atoms. The molecule has 0 aromatic heterocycles. The van der Waals surface area contributed by atoms with E-state index in [1.54, 1.807) is 17.0 Å². The number of aromatic hydroxyl groups is 1. The van der Waals surface area contributed by atoms with Crippen molar-refractivity contribution in [2.24, 2.45) is 0 Å². The average Bonchev–Trinajstić information content (AvgIpc) is 2.37. The summed E-state index contributed by atoms with van der Waals surface area (Å²) in [6.45, 7) is 4.82. The van der Waals surface area contributed by atoms with Crippen LogP contribution in [0.4, 0.5) is 0 Å². The Morgan fingerprint density at radius 3 is 2.89 bits per heavy atom. The van der Waals surface area contributed by atoms with Crippen LogP contribution in [0.1, 0.15) is 22.8 Å². The number of phenols is 1. The number of aryl methyl sites for hydroxylation is 1. The Balaban J connectivity index is 2.18. The van der Waals surface area contributed by atoms with Gasteiger partial charge in [-0.2, -0.15) is 0 Å². The lowest BCUT2D eigenvalue weighted by Gasteiger charge is -2.36. The minimum Gasteiger partial charge on any atom is -0.508 e. The van der Waals surface area contributed by atoms with Crippen molar-refractivity contribution in [2.45, 2.75) is 26.1 Å². The molecule has 1 saturated heterocycles. The molecule has 0 aliphatic carbocycles. The maximum Gasteiger partial charge on any atom is 0.254 e. The van der Waals surface area contributed by atoms with Crippen molar-refractivity contribution in [3.63, 3.8) is 0 Å². The first kappa shape index (κ1) is 14.2. The molecular weight excluding hydrogens is 266 g/mol. The van der Waals surface area contributed by atoms with Gasteiger partial charge in [0.15, 0.2) is 0 Å². The molecule has 1 fully saturated rings. The number of benzene rings is 1. The molecule has 0 radical (unpaired) electrons. The second kappa shape index (κ2) is 5.80. The summed E-state index contributed by atoms with van der Waals surface area (Å²) in [5, 5.41) is 9.39. The van der Waals surface area contributed by atoms with Crippen LogP contribution in [0.5, 0.6) is 5.75 Å². The van der Waals surface area contributed by atoms with E-state index in [0.29, 0.717) is 24.5 Å². The first-order valence-corrected chi connectivity index (χ1v) is 6.85. The smallest absolute Gasteiger partial charge is 0.254 e. The van der Waals surface area contributed by atoms with Crippen LogP contribution in [-0.2, 0) is 4.74 Å². The van der Waals surface area contributed by atoms with Crippen LogP contribution < -0.4 is 0 Å². The highest BCUT2D eigenvalue weighted by Gasteiger charge is 2.29. The standard InChI is InChI=1S/C14H18ClNO3/c1-9-5-11(17)3-4-13(9)14(18)16-7-10(2)19-12(6-15)8-16/h3-5,10,12,17H,6-8H2,1-2H3. The van der Waals surface area contributed by atoms with Gasteiger partial charge in [0.25, 0.3) is 5.91 Å². The minimum absolute atomic E-state index is 0.0149. The van der Waals surface area contributed by atoms with E-state index in [9.17, 15) is 9.90 Å². The molecule has 2 rings (SSSR count). The Hall–Kier alpha value is -1.26. The van der Waals surface area contributed by atoms with E-state index < -0.39 is 0 Å². The molecule has 1 amide bonds. The van der Waals surface area contributed by atoms with Crippen molar-refractivity contribution in [3.8, 4) is 5.75 Å². The summed E-state index contributed by atoms with van der Waals surface area (Å²) < 4.78 is 5.64. The third-order valence-electron chi connectivity index (χ3n) is 3.23. The number of alkyl halides is 1. The zero-order chi connectivity index (χ0) is 14.0. The number of phenolic OH excluding ortho intramolecular Hbond substituents is 1. The van der Waals surface area contributed by atoms with Crippen LogP contribution in [0.2, 0.25) is 0 Å². The fourth-order valence-electron chi connectivity index (χ4n) is 2.35. The van der Waals surface area contributed by atoms with Crippen molar-refractivity contribution in [2.75, 3.05) is 19.0 Å². The number of hydrogen-bond donors (Lipinski definition) is 1. The number of hydrogen-bond acceptors (Lipinski definition) is 3. The van der Waals surface area contributed by atoms with Gasteiger partial charge in [0.2, 0.25) is 0 Å². The summed E-state index contributed by atoms with van der Waals surface area (Å²) in [5.74, 6) is 0.508. The molecule has 5 heteroatoms. The van der Waals surface area contributed by atoms with Gasteiger partial charge in [-0.1, -0.05) is 0 Å². The van der Waals surface area contributed by atoms with Gasteiger partial charge >= 0.3 is 0 Å². The van der Waals surface area contributed by atoms with Crippen LogP contribution in [-0.4, -0.2) is 47.1 Å². The first-order valence-electron chi connectivity index (χ1n) is 6.31. The van der Waals surface area contributed by atoms with Crippen LogP contribution in [0.3, 0.4) is 0 Å². The van der Waals surface area contributed by atoms with Crippen LogP contribution in [0.15, 0.2) is 18.2 Å². The summed E-state index contributed by atoms with van der Waals surface area (Å²) in [4.78, 5) is 14.2. The van der Waals surface area contributed by atoms with Crippen molar-refractivity contribution < 1.29 is 14.6 Å². The fourth-order valence-corrected chi connectivity index (χ4v) is 2.52. The third-order valence-corrected chi connectivity index (χ3v) is 3.57. The quantitative estimate of drug-likeness (QED) is 0.846. The number of ether oxygens (including phenoxy) is 1. The molecule has 1 aromatic carbocycles. The van der Waals surface area contributed by atoms with Gasteiger partial charge in [0.1, 0.15) is 5.75 Å². The van der Waals surface area contributed by atoms with Gasteiger partial charge in [-0.25, -0.2) is 0 Å². The number of nitrogens with zero attached hydrogens (tertiary/aromatic N) is 1. The molecule has 2 atom stereocenters. The summed E-state index contributed by atoms with van der Waals surface area (Å²) in [6.07, 6.45) is -0.134. The molecule has 2 unspecified atom stereocenters. The molecular formula is C14H18ClNO3. The summed E-state index contributed by atoms with van der Waals surface area (Å²) >= 11 is 5.82. The number of rotatable bonds is 2. The zero-order valence-corrected chi connectivity index (χ0v) is 11.9. The molecule has 0 bridgehead atoms. The van der Waals surface area contributed by atoms with Crippen molar-refractivity contribution in [3.05, 3.63) is 29.3 Å². The Kier molecular flexibility index (Phi) is 4.32. The number of halogens is 1. The van der Waals surface area contributed by atoms with Crippen molar-refractivity contribution in [1.29, 1.82) is 0 Å². The Bertz CT molecular complexity index is 478. The highest BCUT2D eigenvalue weighted by atomic mass is 35.5. The lowest BCUT2D eigenvalue weighted by atomic mass is 10.1. The SMILES string of the molecule is Cc1cc(O)ccc1C(=O)N1CC(C)OC(CCl)C1. The average molecular weight is 284 g/mol. The molecule has 104 valence electrons. The number of morpholine rings is 1. The van der Waals surface area contributed by atoms with E-state index >= 15 is 0 Å². The summed E-state index contributed by atoms with van der Waals surface area (Å²) in [5.41, 5.74) is 1.38. The fraction of sp³-hybridized carbons (Fsp3) is 0.500. The third kappa shape index (κ3) is 3.19. The lowest BCUT2D eigenvalue weighted by molar-refractivity contribution is -0.0570. The predicted molar refractivity (Wildman–Crippen MR) is 73.8 cm³/mol. The maximum absolute atomic E-state index is 12.5. The second-order valence-electron chi connectivity index (χ2n) is 4.93. The van der Waals surface area contributed by atoms with Gasteiger partial charge in [0, 0.05) is 18.7 Å². The van der Waals surface area contributed by atoms with Crippen molar-refractivity contribution in [1.82, 2.24) is 4.90 Å². The normalized spacial score (nSPS) is 23.4. The number of carbonyl (C=O) groups is 1. The van der Waals surface area contributed by atoms with Crippen molar-refractivity contribution >= 4 is 17.5 Å². The summed E-state index contributed by atoms with van der Waals surface area (Å²) in [6, 6.07) is 4.78. The van der Waals surface area contributed by atoms with Gasteiger partial charge in [0.05, 0.1) is 18.1 Å². The highest BCUT2D eigenvalue weighted by Crippen LogP contribution is 2.20. The topological polar surface area (TPSA) is 49.8 Å². The Morgan fingerprint density at radius 1 is 1.53 bits per heavy atom. The summed E-state index contributed by atoms with van der Waals surface area (Å²) in [7, 11) is 0. The van der Waals surface area contributed by atoms with Crippen LogP contribution >= 0.6 is 11.6 Å². The first-order chi connectivity index (χ1) is 9.01. The van der Waals surface area contributed by atoms with Gasteiger partial charge in [-0.05, 0) is 37.6 Å². The highest BCUT2D eigenvalue weighted by molar-refractivity contribution is 6.18. The predicted octanol–water partition coefficient (Wildman–Crippen LogP) is 2.17.